The smallest absolute Gasteiger partial charge is 0.175 e. The van der Waals surface area contributed by atoms with Crippen LogP contribution in [0.5, 0.6) is 0 Å². The molecule has 0 amide bonds. The number of anilines is 1. The van der Waals surface area contributed by atoms with E-state index in [1.165, 1.54) is 12.0 Å². The highest BCUT2D eigenvalue weighted by Crippen LogP contribution is 2.41. The number of nitrogens with zero attached hydrogens (tertiary/aromatic N) is 5. The molecule has 8 heteroatoms. The van der Waals surface area contributed by atoms with E-state index >= 15 is 0 Å². The van der Waals surface area contributed by atoms with Crippen LogP contribution in [-0.4, -0.2) is 64.3 Å². The number of aliphatic imine (C=N–C) groups is 1. The Morgan fingerprint density at radius 1 is 1.26 bits per heavy atom. The topological polar surface area (TPSA) is 56.9 Å². The summed E-state index contributed by atoms with van der Waals surface area (Å²) in [6.07, 6.45) is 6.70. The van der Waals surface area contributed by atoms with Gasteiger partial charge in [-0.15, -0.1) is 0 Å². The van der Waals surface area contributed by atoms with Crippen molar-refractivity contribution in [2.45, 2.75) is 64.6 Å². The minimum Gasteiger partial charge on any atom is -0.395 e. The van der Waals surface area contributed by atoms with Crippen molar-refractivity contribution in [3.05, 3.63) is 51.2 Å². The summed E-state index contributed by atoms with van der Waals surface area (Å²) in [6.45, 7) is 8.64. The number of fused-ring (bicyclic) bond motifs is 1. The molecule has 3 heterocycles. The van der Waals surface area contributed by atoms with Gasteiger partial charge in [0.2, 0.25) is 0 Å². The van der Waals surface area contributed by atoms with Crippen LogP contribution in [0, 0.1) is 12.8 Å². The lowest BCUT2D eigenvalue weighted by Crippen LogP contribution is -2.46. The largest absolute Gasteiger partial charge is 0.395 e. The highest BCUT2D eigenvalue weighted by molar-refractivity contribution is 6.35. The van der Waals surface area contributed by atoms with Crippen LogP contribution in [0.4, 0.5) is 11.5 Å². The number of likely N-dealkylation sites (tertiary alicyclic amines) is 1. The molecule has 3 unspecified atom stereocenters. The molecule has 2 aromatic rings. The van der Waals surface area contributed by atoms with E-state index in [0.29, 0.717) is 28.0 Å². The summed E-state index contributed by atoms with van der Waals surface area (Å²) in [7, 11) is 2.12. The quantitative estimate of drug-likeness (QED) is 0.545. The lowest BCUT2D eigenvalue weighted by molar-refractivity contribution is 0.0893. The first kappa shape index (κ1) is 24.8. The predicted molar refractivity (Wildman–Crippen MR) is 145 cm³/mol. The van der Waals surface area contributed by atoms with Crippen LogP contribution in [-0.2, 0) is 0 Å². The van der Waals surface area contributed by atoms with Crippen molar-refractivity contribution < 1.29 is 5.11 Å². The summed E-state index contributed by atoms with van der Waals surface area (Å²) in [6, 6.07) is 6.36. The molecule has 0 saturated carbocycles. The number of rotatable bonds is 5. The number of halogens is 2. The summed E-state index contributed by atoms with van der Waals surface area (Å²) >= 11 is 12.7. The Morgan fingerprint density at radius 2 is 2.06 bits per heavy atom. The molecule has 188 valence electrons. The SMILES string of the molecule is Cc1nn([C@H](C)c2ccc(Cl)cc2Cl)c2c1N(C)CC(C1=CCC(N3CCCC3CO)C(C)C1)=N2. The third kappa shape index (κ3) is 4.55. The molecule has 1 aromatic heterocycles. The first-order chi connectivity index (χ1) is 16.8. The molecule has 1 fully saturated rings. The molecule has 0 spiro atoms. The molecule has 1 saturated heterocycles. The molecular formula is C27H35Cl2N5O. The van der Waals surface area contributed by atoms with Gasteiger partial charge in [-0.2, -0.15) is 5.10 Å². The van der Waals surface area contributed by atoms with Crippen molar-refractivity contribution in [1.82, 2.24) is 14.7 Å². The maximum atomic E-state index is 9.81. The number of aliphatic hydroxyl groups is 1. The summed E-state index contributed by atoms with van der Waals surface area (Å²) in [5, 5.41) is 16.0. The molecular weight excluding hydrogens is 481 g/mol. The van der Waals surface area contributed by atoms with Gasteiger partial charge in [-0.3, -0.25) is 4.90 Å². The average molecular weight is 517 g/mol. The zero-order valence-electron chi connectivity index (χ0n) is 21.0. The maximum Gasteiger partial charge on any atom is 0.175 e. The Balaban J connectivity index is 1.46. The normalized spacial score (nSPS) is 25.9. The fraction of sp³-hybridized carbons (Fsp3) is 0.556. The highest BCUT2D eigenvalue weighted by Gasteiger charge is 2.36. The Bertz CT molecular complexity index is 1170. The molecule has 0 radical (unpaired) electrons. The first-order valence-electron chi connectivity index (χ1n) is 12.7. The van der Waals surface area contributed by atoms with E-state index in [2.05, 4.69) is 36.8 Å². The average Bonchev–Trinajstić information content (AvgIpc) is 3.43. The molecule has 0 bridgehead atoms. The third-order valence-electron chi connectivity index (χ3n) is 8.05. The Labute approximate surface area is 218 Å². The van der Waals surface area contributed by atoms with Crippen molar-refractivity contribution >= 4 is 40.4 Å². The van der Waals surface area contributed by atoms with E-state index in [9.17, 15) is 5.11 Å². The Kier molecular flexibility index (Phi) is 7.01. The van der Waals surface area contributed by atoms with E-state index in [1.807, 2.05) is 23.7 Å². The van der Waals surface area contributed by atoms with E-state index in [-0.39, 0.29) is 12.6 Å². The molecule has 1 aliphatic carbocycles. The van der Waals surface area contributed by atoms with Crippen LogP contribution in [0.1, 0.15) is 56.8 Å². The summed E-state index contributed by atoms with van der Waals surface area (Å²) in [5.41, 5.74) is 5.49. The minimum absolute atomic E-state index is 0.0760. The zero-order chi connectivity index (χ0) is 24.9. The third-order valence-corrected chi connectivity index (χ3v) is 8.62. The summed E-state index contributed by atoms with van der Waals surface area (Å²) < 4.78 is 2.00. The fourth-order valence-electron chi connectivity index (χ4n) is 6.21. The van der Waals surface area contributed by atoms with Gasteiger partial charge in [0.05, 0.1) is 30.6 Å². The number of hydrogen-bond donors (Lipinski definition) is 1. The molecule has 1 N–H and O–H groups in total. The number of benzene rings is 1. The van der Waals surface area contributed by atoms with E-state index in [0.717, 1.165) is 60.8 Å². The molecule has 1 aromatic carbocycles. The predicted octanol–water partition coefficient (Wildman–Crippen LogP) is 5.81. The van der Waals surface area contributed by atoms with Crippen molar-refractivity contribution in [3.63, 3.8) is 0 Å². The molecule has 35 heavy (non-hydrogen) atoms. The molecule has 3 aliphatic rings. The monoisotopic (exact) mass is 515 g/mol. The van der Waals surface area contributed by atoms with Crippen LogP contribution < -0.4 is 4.90 Å². The van der Waals surface area contributed by atoms with Gasteiger partial charge < -0.3 is 10.0 Å². The number of aromatic nitrogens is 2. The Hall–Kier alpha value is -1.86. The molecule has 4 atom stereocenters. The summed E-state index contributed by atoms with van der Waals surface area (Å²) in [5.74, 6) is 1.41. The van der Waals surface area contributed by atoms with E-state index in [4.69, 9.17) is 33.3 Å². The van der Waals surface area contributed by atoms with Crippen molar-refractivity contribution in [3.8, 4) is 0 Å². The zero-order valence-corrected chi connectivity index (χ0v) is 22.5. The van der Waals surface area contributed by atoms with Gasteiger partial charge in [-0.1, -0.05) is 42.3 Å². The highest BCUT2D eigenvalue weighted by atomic mass is 35.5. The first-order valence-corrected chi connectivity index (χ1v) is 13.4. The van der Waals surface area contributed by atoms with Crippen molar-refractivity contribution in [2.75, 3.05) is 31.6 Å². The fourth-order valence-corrected chi connectivity index (χ4v) is 6.78. The van der Waals surface area contributed by atoms with E-state index < -0.39 is 0 Å². The standard InChI is InChI=1S/C27H35Cl2N5O/c1-16-12-19(7-10-25(16)33-11-5-6-21(33)15-35)24-14-32(4)26-17(2)31-34(27(26)30-24)18(3)22-9-8-20(28)13-23(22)29/h7-9,13,16,18,21,25,35H,5-6,10-12,14-15H2,1-4H3/t16?,18-,21?,25?/m1/s1. The molecule has 5 rings (SSSR count). The molecule has 6 nitrogen and oxygen atoms in total. The number of aliphatic hydroxyl groups excluding tert-OH is 1. The maximum absolute atomic E-state index is 9.81. The minimum atomic E-state index is -0.0760. The van der Waals surface area contributed by atoms with Gasteiger partial charge in [0, 0.05) is 29.2 Å². The van der Waals surface area contributed by atoms with Gasteiger partial charge >= 0.3 is 0 Å². The lowest BCUT2D eigenvalue weighted by atomic mass is 9.82. The Morgan fingerprint density at radius 3 is 2.77 bits per heavy atom. The van der Waals surface area contributed by atoms with Gasteiger partial charge in [0.15, 0.2) is 5.82 Å². The second-order valence-electron chi connectivity index (χ2n) is 10.4. The number of hydrogen-bond acceptors (Lipinski definition) is 5. The van der Waals surface area contributed by atoms with Crippen molar-refractivity contribution in [1.29, 1.82) is 0 Å². The second-order valence-corrected chi connectivity index (χ2v) is 11.2. The lowest BCUT2D eigenvalue weighted by Gasteiger charge is -2.39. The van der Waals surface area contributed by atoms with Crippen LogP contribution in [0.15, 0.2) is 34.8 Å². The van der Waals surface area contributed by atoms with Gasteiger partial charge in [0.1, 0.15) is 5.69 Å². The molecule has 2 aliphatic heterocycles. The van der Waals surface area contributed by atoms with Crippen LogP contribution in [0.3, 0.4) is 0 Å². The van der Waals surface area contributed by atoms with Crippen LogP contribution >= 0.6 is 23.2 Å². The number of aryl methyl sites for hydroxylation is 1. The van der Waals surface area contributed by atoms with E-state index in [1.54, 1.807) is 6.07 Å². The second kappa shape index (κ2) is 9.89. The summed E-state index contributed by atoms with van der Waals surface area (Å²) in [4.78, 5) is 10.0. The van der Waals surface area contributed by atoms with Crippen LogP contribution in [0.2, 0.25) is 10.0 Å². The van der Waals surface area contributed by atoms with Gasteiger partial charge in [-0.25, -0.2) is 9.67 Å². The van der Waals surface area contributed by atoms with Crippen LogP contribution in [0.25, 0.3) is 0 Å². The van der Waals surface area contributed by atoms with Gasteiger partial charge in [-0.05, 0) is 75.3 Å². The van der Waals surface area contributed by atoms with Crippen molar-refractivity contribution in [2.24, 2.45) is 10.9 Å². The van der Waals surface area contributed by atoms with Gasteiger partial charge in [0.25, 0.3) is 0 Å².